The SMILES string of the molecule is Cc1cccc(C2(O)C3CC4CC(C3)CC2C4)c1. The molecule has 4 aliphatic carbocycles. The normalized spacial score (nSPS) is 45.4. The summed E-state index contributed by atoms with van der Waals surface area (Å²) in [6.07, 6.45) is 6.49. The molecule has 0 unspecified atom stereocenters. The zero-order valence-electron chi connectivity index (χ0n) is 11.1. The molecular weight excluding hydrogens is 220 g/mol. The third-order valence-corrected chi connectivity index (χ3v) is 5.86. The summed E-state index contributed by atoms with van der Waals surface area (Å²) in [6, 6.07) is 8.59. The summed E-state index contributed by atoms with van der Waals surface area (Å²) in [7, 11) is 0. The largest absolute Gasteiger partial charge is 0.385 e. The topological polar surface area (TPSA) is 20.2 Å². The van der Waals surface area contributed by atoms with E-state index in [1.54, 1.807) is 0 Å². The summed E-state index contributed by atoms with van der Waals surface area (Å²) in [6.45, 7) is 2.13. The molecule has 1 aromatic rings. The van der Waals surface area contributed by atoms with Crippen LogP contribution in [0.5, 0.6) is 0 Å². The Morgan fingerprint density at radius 1 is 1.00 bits per heavy atom. The van der Waals surface area contributed by atoms with Crippen LogP contribution in [0, 0.1) is 30.6 Å². The van der Waals surface area contributed by atoms with E-state index in [2.05, 4.69) is 31.2 Å². The molecule has 1 N–H and O–H groups in total. The van der Waals surface area contributed by atoms with E-state index >= 15 is 0 Å². The Morgan fingerprint density at radius 3 is 2.17 bits per heavy atom. The van der Waals surface area contributed by atoms with Crippen molar-refractivity contribution in [1.29, 1.82) is 0 Å². The lowest BCUT2D eigenvalue weighted by Crippen LogP contribution is -2.55. The zero-order chi connectivity index (χ0) is 12.3. The molecule has 4 aliphatic rings. The monoisotopic (exact) mass is 242 g/mol. The highest BCUT2D eigenvalue weighted by Gasteiger charge is 2.57. The van der Waals surface area contributed by atoms with Gasteiger partial charge in [0, 0.05) is 0 Å². The van der Waals surface area contributed by atoms with Crippen LogP contribution in [0.2, 0.25) is 0 Å². The predicted molar refractivity (Wildman–Crippen MR) is 72.1 cm³/mol. The molecule has 96 valence electrons. The van der Waals surface area contributed by atoms with Crippen LogP contribution in [0.3, 0.4) is 0 Å². The fraction of sp³-hybridized carbons (Fsp3) is 0.647. The Hall–Kier alpha value is -0.820. The first-order valence-corrected chi connectivity index (χ1v) is 7.45. The van der Waals surface area contributed by atoms with Gasteiger partial charge in [-0.15, -0.1) is 0 Å². The summed E-state index contributed by atoms with van der Waals surface area (Å²) in [4.78, 5) is 0. The van der Waals surface area contributed by atoms with E-state index in [0.29, 0.717) is 11.8 Å². The lowest BCUT2D eigenvalue weighted by molar-refractivity contribution is -0.179. The highest BCUT2D eigenvalue weighted by atomic mass is 16.3. The maximum Gasteiger partial charge on any atom is 0.0953 e. The second-order valence-corrected chi connectivity index (χ2v) is 7.00. The molecule has 1 heteroatoms. The van der Waals surface area contributed by atoms with Crippen molar-refractivity contribution in [3.8, 4) is 0 Å². The van der Waals surface area contributed by atoms with Crippen molar-refractivity contribution < 1.29 is 5.11 Å². The average Bonchev–Trinajstić information content (AvgIpc) is 2.35. The van der Waals surface area contributed by atoms with Gasteiger partial charge in [0.15, 0.2) is 0 Å². The van der Waals surface area contributed by atoms with Crippen LogP contribution in [-0.2, 0) is 5.60 Å². The van der Waals surface area contributed by atoms with Crippen LogP contribution in [0.4, 0.5) is 0 Å². The minimum Gasteiger partial charge on any atom is -0.385 e. The van der Waals surface area contributed by atoms with Crippen molar-refractivity contribution in [2.45, 2.75) is 44.6 Å². The Morgan fingerprint density at radius 2 is 1.61 bits per heavy atom. The molecule has 0 amide bonds. The van der Waals surface area contributed by atoms with Crippen molar-refractivity contribution >= 4 is 0 Å². The predicted octanol–water partition coefficient (Wildman–Crippen LogP) is 3.64. The van der Waals surface area contributed by atoms with E-state index in [0.717, 1.165) is 11.8 Å². The van der Waals surface area contributed by atoms with Crippen molar-refractivity contribution in [2.75, 3.05) is 0 Å². The Labute approximate surface area is 109 Å². The molecule has 4 saturated carbocycles. The van der Waals surface area contributed by atoms with E-state index in [1.165, 1.54) is 43.2 Å². The van der Waals surface area contributed by atoms with Crippen LogP contribution >= 0.6 is 0 Å². The van der Waals surface area contributed by atoms with Crippen LogP contribution < -0.4 is 0 Å². The molecule has 0 heterocycles. The van der Waals surface area contributed by atoms with Gasteiger partial charge in [-0.3, -0.25) is 0 Å². The first-order valence-electron chi connectivity index (χ1n) is 7.45. The minimum atomic E-state index is -0.514. The standard InChI is InChI=1S/C17H22O/c1-11-3-2-4-14(5-11)17(18)15-7-12-6-13(9-15)10-16(17)8-12/h2-5,12-13,15-16,18H,6-10H2,1H3. The second-order valence-electron chi connectivity index (χ2n) is 7.00. The summed E-state index contributed by atoms with van der Waals surface area (Å²) in [5, 5.41) is 11.4. The van der Waals surface area contributed by atoms with Gasteiger partial charge in [0.25, 0.3) is 0 Å². The van der Waals surface area contributed by atoms with Gasteiger partial charge in [0.1, 0.15) is 0 Å². The number of aryl methyl sites for hydroxylation is 1. The molecular formula is C17H22O. The first-order chi connectivity index (χ1) is 8.66. The zero-order valence-corrected chi connectivity index (χ0v) is 11.1. The molecule has 0 radical (unpaired) electrons. The highest BCUT2D eigenvalue weighted by molar-refractivity contribution is 5.31. The van der Waals surface area contributed by atoms with Gasteiger partial charge in [-0.25, -0.2) is 0 Å². The van der Waals surface area contributed by atoms with Gasteiger partial charge in [0.05, 0.1) is 5.60 Å². The van der Waals surface area contributed by atoms with E-state index < -0.39 is 5.60 Å². The van der Waals surface area contributed by atoms with Crippen LogP contribution in [0.15, 0.2) is 24.3 Å². The number of hydrogen-bond donors (Lipinski definition) is 1. The van der Waals surface area contributed by atoms with Crippen molar-refractivity contribution in [1.82, 2.24) is 0 Å². The van der Waals surface area contributed by atoms with Gasteiger partial charge < -0.3 is 5.11 Å². The number of benzene rings is 1. The molecule has 1 aromatic carbocycles. The summed E-state index contributed by atoms with van der Waals surface area (Å²) >= 11 is 0. The molecule has 0 aromatic heterocycles. The molecule has 18 heavy (non-hydrogen) atoms. The molecule has 5 rings (SSSR count). The lowest BCUT2D eigenvalue weighted by Gasteiger charge is -2.59. The first kappa shape index (κ1) is 11.0. The smallest absolute Gasteiger partial charge is 0.0953 e. The maximum atomic E-state index is 11.4. The number of aliphatic hydroxyl groups is 1. The van der Waals surface area contributed by atoms with E-state index in [4.69, 9.17) is 0 Å². The van der Waals surface area contributed by atoms with Gasteiger partial charge in [0.2, 0.25) is 0 Å². The van der Waals surface area contributed by atoms with E-state index in [1.807, 2.05) is 0 Å². The Kier molecular flexibility index (Phi) is 2.21. The Balaban J connectivity index is 1.78. The second kappa shape index (κ2) is 3.60. The fourth-order valence-electron chi connectivity index (χ4n) is 5.27. The van der Waals surface area contributed by atoms with Crippen LogP contribution in [-0.4, -0.2) is 5.11 Å². The molecule has 0 saturated heterocycles. The number of rotatable bonds is 1. The quantitative estimate of drug-likeness (QED) is 0.797. The Bertz CT molecular complexity index is 448. The third-order valence-electron chi connectivity index (χ3n) is 5.86. The van der Waals surface area contributed by atoms with Crippen LogP contribution in [0.1, 0.15) is 43.2 Å². The minimum absolute atomic E-state index is 0.514. The van der Waals surface area contributed by atoms with Gasteiger partial charge in [-0.1, -0.05) is 29.8 Å². The number of hydrogen-bond acceptors (Lipinski definition) is 1. The van der Waals surface area contributed by atoms with E-state index in [-0.39, 0.29) is 0 Å². The molecule has 0 atom stereocenters. The van der Waals surface area contributed by atoms with Gasteiger partial charge >= 0.3 is 0 Å². The van der Waals surface area contributed by atoms with Gasteiger partial charge in [-0.2, -0.15) is 0 Å². The van der Waals surface area contributed by atoms with Crippen molar-refractivity contribution in [2.24, 2.45) is 23.7 Å². The molecule has 0 aliphatic heterocycles. The molecule has 4 fully saturated rings. The summed E-state index contributed by atoms with van der Waals surface area (Å²) in [5.41, 5.74) is 1.95. The highest BCUT2D eigenvalue weighted by Crippen LogP contribution is 2.61. The average molecular weight is 242 g/mol. The fourth-order valence-corrected chi connectivity index (χ4v) is 5.27. The van der Waals surface area contributed by atoms with Crippen LogP contribution in [0.25, 0.3) is 0 Å². The van der Waals surface area contributed by atoms with E-state index in [9.17, 15) is 5.11 Å². The molecule has 4 bridgehead atoms. The van der Waals surface area contributed by atoms with Crippen molar-refractivity contribution in [3.63, 3.8) is 0 Å². The van der Waals surface area contributed by atoms with Crippen molar-refractivity contribution in [3.05, 3.63) is 35.4 Å². The lowest BCUT2D eigenvalue weighted by atomic mass is 9.48. The third kappa shape index (κ3) is 1.37. The molecule has 1 nitrogen and oxygen atoms in total. The molecule has 0 spiro atoms. The summed E-state index contributed by atoms with van der Waals surface area (Å²) in [5.74, 6) is 2.88. The van der Waals surface area contributed by atoms with Gasteiger partial charge in [-0.05, 0) is 68.3 Å². The maximum absolute atomic E-state index is 11.4. The summed E-state index contributed by atoms with van der Waals surface area (Å²) < 4.78 is 0.